The second-order valence-electron chi connectivity index (χ2n) is 4.75. The first kappa shape index (κ1) is 16.8. The number of sulfonamides is 1. The fourth-order valence-corrected chi connectivity index (χ4v) is 2.62. The van der Waals surface area contributed by atoms with Crippen molar-refractivity contribution in [1.29, 1.82) is 0 Å². The molecule has 20 heavy (non-hydrogen) atoms. The fraction of sp³-hybridized carbons (Fsp3) is 0.500. The Bertz CT molecular complexity index is 535. The number of nitrogens with one attached hydrogen (secondary N) is 1. The Kier molecular flexibility index (Phi) is 6.32. The maximum absolute atomic E-state index is 12.0. The van der Waals surface area contributed by atoms with Crippen LogP contribution in [0.2, 0.25) is 0 Å². The van der Waals surface area contributed by atoms with E-state index in [1.165, 1.54) is 31.2 Å². The van der Waals surface area contributed by atoms with E-state index >= 15 is 0 Å². The molecule has 0 aliphatic rings. The summed E-state index contributed by atoms with van der Waals surface area (Å²) in [6.45, 7) is 6.14. The van der Waals surface area contributed by atoms with E-state index in [0.717, 1.165) is 0 Å². The fourth-order valence-electron chi connectivity index (χ4n) is 1.55. The van der Waals surface area contributed by atoms with Gasteiger partial charge in [-0.1, -0.05) is 12.1 Å². The van der Waals surface area contributed by atoms with Crippen LogP contribution in [-0.2, 0) is 14.8 Å². The van der Waals surface area contributed by atoms with Gasteiger partial charge in [0.15, 0.2) is 5.78 Å². The molecule has 6 heteroatoms. The second-order valence-corrected chi connectivity index (χ2v) is 6.52. The van der Waals surface area contributed by atoms with Crippen molar-refractivity contribution < 1.29 is 17.9 Å². The van der Waals surface area contributed by atoms with Gasteiger partial charge in [0.05, 0.1) is 11.0 Å². The molecule has 1 N–H and O–H groups in total. The molecule has 0 saturated carbocycles. The van der Waals surface area contributed by atoms with Crippen LogP contribution in [0.15, 0.2) is 29.2 Å². The minimum absolute atomic E-state index is 0.0901. The topological polar surface area (TPSA) is 72.5 Å². The van der Waals surface area contributed by atoms with E-state index in [-0.39, 0.29) is 16.8 Å². The Morgan fingerprint density at radius 1 is 1.25 bits per heavy atom. The highest BCUT2D eigenvalue weighted by Crippen LogP contribution is 2.10. The summed E-state index contributed by atoms with van der Waals surface area (Å²) >= 11 is 0. The van der Waals surface area contributed by atoms with Gasteiger partial charge in [-0.2, -0.15) is 0 Å². The van der Waals surface area contributed by atoms with Crippen LogP contribution in [0.4, 0.5) is 0 Å². The third kappa shape index (κ3) is 5.40. The van der Waals surface area contributed by atoms with Crippen LogP contribution < -0.4 is 4.72 Å². The molecule has 112 valence electrons. The molecule has 0 heterocycles. The van der Waals surface area contributed by atoms with Crippen LogP contribution >= 0.6 is 0 Å². The Hall–Kier alpha value is -1.24. The summed E-state index contributed by atoms with van der Waals surface area (Å²) < 4.78 is 31.8. The van der Waals surface area contributed by atoms with Gasteiger partial charge in [0.2, 0.25) is 10.0 Å². The average molecular weight is 299 g/mol. The number of carbonyl (C=O) groups excluding carboxylic acids is 1. The van der Waals surface area contributed by atoms with Crippen molar-refractivity contribution in [3.8, 4) is 0 Å². The van der Waals surface area contributed by atoms with E-state index in [4.69, 9.17) is 4.74 Å². The number of rotatable bonds is 8. The lowest BCUT2D eigenvalue weighted by atomic mass is 10.2. The molecule has 0 aliphatic carbocycles. The number of hydrogen-bond donors (Lipinski definition) is 1. The van der Waals surface area contributed by atoms with E-state index in [9.17, 15) is 13.2 Å². The maximum Gasteiger partial charge on any atom is 0.240 e. The molecular weight excluding hydrogens is 278 g/mol. The van der Waals surface area contributed by atoms with E-state index in [2.05, 4.69) is 4.72 Å². The Labute approximate surface area is 120 Å². The number of ether oxygens (including phenoxy) is 1. The predicted molar refractivity (Wildman–Crippen MR) is 77.3 cm³/mol. The van der Waals surface area contributed by atoms with E-state index in [1.807, 2.05) is 13.8 Å². The van der Waals surface area contributed by atoms with Gasteiger partial charge >= 0.3 is 0 Å². The monoisotopic (exact) mass is 299 g/mol. The van der Waals surface area contributed by atoms with Gasteiger partial charge in [0.25, 0.3) is 0 Å². The molecule has 0 fully saturated rings. The molecule has 5 nitrogen and oxygen atoms in total. The SMILES string of the molecule is CC(=O)c1ccc(S(=O)(=O)NCCCOC(C)C)cc1. The molecule has 1 aromatic rings. The van der Waals surface area contributed by atoms with Crippen molar-refractivity contribution in [2.45, 2.75) is 38.2 Å². The summed E-state index contributed by atoms with van der Waals surface area (Å²) in [6, 6.07) is 5.89. The molecule has 0 unspecified atom stereocenters. The average Bonchev–Trinajstić information content (AvgIpc) is 2.38. The van der Waals surface area contributed by atoms with Gasteiger partial charge in [-0.05, 0) is 39.3 Å². The number of Topliss-reactive ketones (excluding diaryl/α,β-unsaturated/α-hetero) is 1. The smallest absolute Gasteiger partial charge is 0.240 e. The summed E-state index contributed by atoms with van der Waals surface area (Å²) in [7, 11) is -3.52. The molecule has 0 atom stereocenters. The van der Waals surface area contributed by atoms with E-state index in [1.54, 1.807) is 0 Å². The number of carbonyl (C=O) groups is 1. The Balaban J connectivity index is 2.54. The predicted octanol–water partition coefficient (Wildman–Crippen LogP) is 1.98. The van der Waals surface area contributed by atoms with Crippen LogP contribution in [0.25, 0.3) is 0 Å². The largest absolute Gasteiger partial charge is 0.379 e. The van der Waals surface area contributed by atoms with Crippen LogP contribution in [0.5, 0.6) is 0 Å². The number of ketones is 1. The molecule has 1 rings (SSSR count). The Morgan fingerprint density at radius 3 is 2.35 bits per heavy atom. The second kappa shape index (κ2) is 7.52. The highest BCUT2D eigenvalue weighted by Gasteiger charge is 2.13. The van der Waals surface area contributed by atoms with Gasteiger partial charge in [0.1, 0.15) is 0 Å². The van der Waals surface area contributed by atoms with E-state index in [0.29, 0.717) is 25.1 Å². The summed E-state index contributed by atoms with van der Waals surface area (Å²) in [6.07, 6.45) is 0.758. The van der Waals surface area contributed by atoms with Crippen LogP contribution in [0.1, 0.15) is 37.6 Å². The number of hydrogen-bond acceptors (Lipinski definition) is 4. The molecule has 0 bridgehead atoms. The van der Waals surface area contributed by atoms with Gasteiger partial charge in [0, 0.05) is 18.7 Å². The highest BCUT2D eigenvalue weighted by molar-refractivity contribution is 7.89. The Morgan fingerprint density at radius 2 is 1.85 bits per heavy atom. The van der Waals surface area contributed by atoms with Crippen molar-refractivity contribution in [3.63, 3.8) is 0 Å². The molecule has 0 spiro atoms. The van der Waals surface area contributed by atoms with Crippen molar-refractivity contribution >= 4 is 15.8 Å². The normalized spacial score (nSPS) is 11.8. The first-order valence-corrected chi connectivity index (χ1v) is 8.03. The van der Waals surface area contributed by atoms with Gasteiger partial charge in [-0.3, -0.25) is 4.79 Å². The molecule has 1 aromatic carbocycles. The van der Waals surface area contributed by atoms with Crippen molar-refractivity contribution in [3.05, 3.63) is 29.8 Å². The van der Waals surface area contributed by atoms with E-state index < -0.39 is 10.0 Å². The zero-order chi connectivity index (χ0) is 15.2. The summed E-state index contributed by atoms with van der Waals surface area (Å²) in [5.74, 6) is -0.0901. The van der Waals surface area contributed by atoms with Crippen LogP contribution in [0, 0.1) is 0 Å². The summed E-state index contributed by atoms with van der Waals surface area (Å²) in [5, 5.41) is 0. The molecule has 0 saturated heterocycles. The third-order valence-electron chi connectivity index (χ3n) is 2.64. The molecule has 0 aliphatic heterocycles. The molecular formula is C14H21NO4S. The van der Waals surface area contributed by atoms with Gasteiger partial charge in [-0.25, -0.2) is 13.1 Å². The highest BCUT2D eigenvalue weighted by atomic mass is 32.2. The van der Waals surface area contributed by atoms with Crippen LogP contribution in [0.3, 0.4) is 0 Å². The lowest BCUT2D eigenvalue weighted by Gasteiger charge is -2.09. The number of benzene rings is 1. The zero-order valence-electron chi connectivity index (χ0n) is 12.0. The van der Waals surface area contributed by atoms with Crippen molar-refractivity contribution in [2.75, 3.05) is 13.2 Å². The van der Waals surface area contributed by atoms with Gasteiger partial charge in [-0.15, -0.1) is 0 Å². The maximum atomic E-state index is 12.0. The van der Waals surface area contributed by atoms with Gasteiger partial charge < -0.3 is 4.74 Å². The zero-order valence-corrected chi connectivity index (χ0v) is 12.9. The lowest BCUT2D eigenvalue weighted by molar-refractivity contribution is 0.0778. The summed E-state index contributed by atoms with van der Waals surface area (Å²) in [5.41, 5.74) is 0.495. The van der Waals surface area contributed by atoms with Crippen molar-refractivity contribution in [2.24, 2.45) is 0 Å². The van der Waals surface area contributed by atoms with Crippen molar-refractivity contribution in [1.82, 2.24) is 4.72 Å². The molecule has 0 amide bonds. The minimum atomic E-state index is -3.52. The lowest BCUT2D eigenvalue weighted by Crippen LogP contribution is -2.25. The first-order valence-electron chi connectivity index (χ1n) is 6.55. The third-order valence-corrected chi connectivity index (χ3v) is 4.11. The van der Waals surface area contributed by atoms with Crippen LogP contribution in [-0.4, -0.2) is 33.5 Å². The first-order chi connectivity index (χ1) is 9.33. The molecule has 0 aromatic heterocycles. The molecule has 0 radical (unpaired) electrons. The summed E-state index contributed by atoms with van der Waals surface area (Å²) in [4.78, 5) is 11.3. The minimum Gasteiger partial charge on any atom is -0.379 e. The quantitative estimate of drug-likeness (QED) is 0.588. The standard InChI is InChI=1S/C14H21NO4S/c1-11(2)19-10-4-9-15-20(17,18)14-7-5-13(6-8-14)12(3)16/h5-8,11,15H,4,9-10H2,1-3H3.